The molecule has 0 aliphatic carbocycles. The number of benzene rings is 10. The summed E-state index contributed by atoms with van der Waals surface area (Å²) in [6, 6.07) is 81.9. The van der Waals surface area contributed by atoms with E-state index in [0.717, 1.165) is 93.9 Å². The highest BCUT2D eigenvalue weighted by molar-refractivity contribution is 6.14. The van der Waals surface area contributed by atoms with Gasteiger partial charge in [-0.15, -0.1) is 0 Å². The van der Waals surface area contributed by atoms with E-state index in [1.165, 1.54) is 0 Å². The Morgan fingerprint density at radius 2 is 0.797 bits per heavy atom. The van der Waals surface area contributed by atoms with Crippen LogP contribution in [0.3, 0.4) is 0 Å². The predicted octanol–water partition coefficient (Wildman–Crippen LogP) is 16.4. The first-order valence-corrected chi connectivity index (χ1v) is 24.2. The molecule has 0 fully saturated rings. The van der Waals surface area contributed by atoms with Crippen molar-refractivity contribution in [3.05, 3.63) is 253 Å². The Hall–Kier alpha value is -10.7. The fourth-order valence-corrected chi connectivity index (χ4v) is 10.6. The van der Waals surface area contributed by atoms with Gasteiger partial charge in [0.2, 0.25) is 0 Å². The van der Waals surface area contributed by atoms with Crippen LogP contribution in [0.2, 0.25) is 0 Å². The molecule has 0 aliphatic heterocycles. The Morgan fingerprint density at radius 1 is 0.351 bits per heavy atom. The van der Waals surface area contributed by atoms with Crippen molar-refractivity contribution in [2.45, 2.75) is 0 Å². The summed E-state index contributed by atoms with van der Waals surface area (Å²) in [6.45, 7) is 7.97. The van der Waals surface area contributed by atoms with Gasteiger partial charge < -0.3 is 9.13 Å². The molecule has 74 heavy (non-hydrogen) atoms. The number of aromatic nitrogens is 5. The number of nitrogens with zero attached hydrogens (tertiary/aromatic N) is 8. The highest BCUT2D eigenvalue weighted by Gasteiger charge is 2.27. The van der Waals surface area contributed by atoms with Gasteiger partial charge in [0.25, 0.3) is 0 Å². The van der Waals surface area contributed by atoms with Gasteiger partial charge >= 0.3 is 0 Å². The van der Waals surface area contributed by atoms with Crippen LogP contribution in [-0.4, -0.2) is 24.1 Å². The zero-order valence-electron chi connectivity index (χ0n) is 39.5. The van der Waals surface area contributed by atoms with Crippen LogP contribution in [0, 0.1) is 29.2 Å². The van der Waals surface area contributed by atoms with Crippen molar-refractivity contribution in [2.24, 2.45) is 0 Å². The Labute approximate surface area is 426 Å². The van der Waals surface area contributed by atoms with Gasteiger partial charge in [-0.1, -0.05) is 170 Å². The molecule has 0 saturated heterocycles. The topological polar surface area (TPSA) is 100 Å². The molecule has 3 aromatic heterocycles. The maximum Gasteiger partial charge on any atom is 0.194 e. The third-order valence-corrected chi connectivity index (χ3v) is 13.9. The molecule has 0 spiro atoms. The molecular formula is C66H38N8. The quantitative estimate of drug-likeness (QED) is 0.141. The third kappa shape index (κ3) is 7.09. The molecule has 0 amide bonds. The molecule has 0 atom stereocenters. The second-order valence-corrected chi connectivity index (χ2v) is 18.0. The zero-order valence-corrected chi connectivity index (χ0v) is 39.5. The number of rotatable bonds is 8. The van der Waals surface area contributed by atoms with E-state index in [0.29, 0.717) is 45.4 Å². The molecule has 0 saturated carbocycles. The van der Waals surface area contributed by atoms with Gasteiger partial charge in [-0.05, 0) is 82.9 Å². The fraction of sp³-hybridized carbons (Fsp3) is 0. The first kappa shape index (κ1) is 43.3. The van der Waals surface area contributed by atoms with E-state index in [1.54, 1.807) is 0 Å². The average Bonchev–Trinajstić information content (AvgIpc) is 3.99. The Morgan fingerprint density at radius 3 is 1.39 bits per heavy atom. The Kier molecular flexibility index (Phi) is 10.5. The van der Waals surface area contributed by atoms with Gasteiger partial charge in [-0.2, -0.15) is 10.5 Å². The van der Waals surface area contributed by atoms with Crippen LogP contribution in [-0.2, 0) is 0 Å². The normalized spacial score (nSPS) is 11.2. The molecule has 13 aromatic rings. The van der Waals surface area contributed by atoms with Crippen LogP contribution >= 0.6 is 0 Å². The lowest BCUT2D eigenvalue weighted by Gasteiger charge is -2.22. The summed E-state index contributed by atoms with van der Waals surface area (Å²) in [5.41, 5.74) is 14.4. The second-order valence-electron chi connectivity index (χ2n) is 18.0. The molecular weight excluding hydrogens is 905 g/mol. The molecule has 0 N–H and O–H groups in total. The average molecular weight is 943 g/mol. The number of nitriles is 2. The first-order valence-electron chi connectivity index (χ1n) is 24.2. The van der Waals surface area contributed by atoms with E-state index >= 15 is 0 Å². The standard InChI is InChI=1S/C66H38N8/c1-69-55-29-13-10-25-49(55)45-35-37-58-54(39-45)51-27-11-14-30-56(51)73(58)60-32-16-23-47(41-68)62(60)63-52(66-71-64(42-18-4-2-5-19-42)70-65(72-66)43-20-6-3-7-21-43)28-17-33-61(63)74-57-31-15-12-26-50(57)53-38-44(34-36-59(53)74)48-24-9-8-22-46(48)40-67/h2-39H. The molecule has 10 aromatic carbocycles. The summed E-state index contributed by atoms with van der Waals surface area (Å²) in [5, 5.41) is 25.7. The maximum absolute atomic E-state index is 11.5. The van der Waals surface area contributed by atoms with Crippen molar-refractivity contribution in [3.8, 4) is 91.1 Å². The highest BCUT2D eigenvalue weighted by atomic mass is 15.0. The fourth-order valence-electron chi connectivity index (χ4n) is 10.6. The van der Waals surface area contributed by atoms with Crippen LogP contribution < -0.4 is 0 Å². The van der Waals surface area contributed by atoms with Gasteiger partial charge in [-0.25, -0.2) is 19.8 Å². The highest BCUT2D eigenvalue weighted by Crippen LogP contribution is 2.47. The second kappa shape index (κ2) is 17.9. The minimum absolute atomic E-state index is 0.440. The van der Waals surface area contributed by atoms with Crippen LogP contribution in [0.5, 0.6) is 0 Å². The van der Waals surface area contributed by atoms with E-state index in [2.05, 4.69) is 111 Å². The van der Waals surface area contributed by atoms with Crippen molar-refractivity contribution < 1.29 is 0 Å². The van der Waals surface area contributed by atoms with Gasteiger partial charge in [0.15, 0.2) is 23.2 Å². The molecule has 8 nitrogen and oxygen atoms in total. The Bertz CT molecular complexity index is 4470. The van der Waals surface area contributed by atoms with Gasteiger partial charge in [0.1, 0.15) is 0 Å². The smallest absolute Gasteiger partial charge is 0.194 e. The Balaban J connectivity index is 1.15. The van der Waals surface area contributed by atoms with Crippen molar-refractivity contribution in [2.75, 3.05) is 0 Å². The minimum Gasteiger partial charge on any atom is -0.309 e. The van der Waals surface area contributed by atoms with Crippen molar-refractivity contribution in [1.29, 1.82) is 10.5 Å². The van der Waals surface area contributed by atoms with E-state index in [4.69, 9.17) is 21.5 Å². The zero-order chi connectivity index (χ0) is 49.7. The van der Waals surface area contributed by atoms with Crippen molar-refractivity contribution in [1.82, 2.24) is 24.1 Å². The molecule has 0 aliphatic rings. The lowest BCUT2D eigenvalue weighted by atomic mass is 9.91. The molecule has 13 rings (SSSR count). The molecule has 3 heterocycles. The van der Waals surface area contributed by atoms with E-state index in [9.17, 15) is 10.5 Å². The summed E-state index contributed by atoms with van der Waals surface area (Å²) in [7, 11) is 0. The lowest BCUT2D eigenvalue weighted by Crippen LogP contribution is -2.07. The molecule has 8 heteroatoms. The summed E-state index contributed by atoms with van der Waals surface area (Å²) in [5.74, 6) is 1.47. The SMILES string of the molecule is [C-]#[N+]c1ccccc1-c1ccc2c(c1)c1ccccc1n2-c1cccc(C#N)c1-c1c(-c2nc(-c3ccccc3)nc(-c3ccccc3)n2)cccc1-n1c2ccccc2c2cc(-c3ccccc3C#N)ccc21. The maximum atomic E-state index is 11.5. The molecule has 0 unspecified atom stereocenters. The first-order chi connectivity index (χ1) is 36.6. The summed E-state index contributed by atoms with van der Waals surface area (Å²) in [6.07, 6.45) is 0. The monoisotopic (exact) mass is 942 g/mol. The predicted molar refractivity (Wildman–Crippen MR) is 297 cm³/mol. The summed E-state index contributed by atoms with van der Waals surface area (Å²) < 4.78 is 4.54. The number of hydrogen-bond donors (Lipinski definition) is 0. The van der Waals surface area contributed by atoms with Crippen molar-refractivity contribution in [3.63, 3.8) is 0 Å². The number of para-hydroxylation sites is 3. The number of hydrogen-bond acceptors (Lipinski definition) is 5. The van der Waals surface area contributed by atoms with Crippen LogP contribution in [0.1, 0.15) is 11.1 Å². The minimum atomic E-state index is 0.440. The van der Waals surface area contributed by atoms with Gasteiger partial charge in [-0.3, -0.25) is 0 Å². The summed E-state index contributed by atoms with van der Waals surface area (Å²) in [4.78, 5) is 19.6. The van der Waals surface area contributed by atoms with E-state index < -0.39 is 0 Å². The summed E-state index contributed by atoms with van der Waals surface area (Å²) >= 11 is 0. The molecule has 0 radical (unpaired) electrons. The third-order valence-electron chi connectivity index (χ3n) is 13.9. The molecule has 342 valence electrons. The van der Waals surface area contributed by atoms with Crippen LogP contribution in [0.4, 0.5) is 5.69 Å². The van der Waals surface area contributed by atoms with E-state index in [-0.39, 0.29) is 0 Å². The van der Waals surface area contributed by atoms with Gasteiger partial charge in [0, 0.05) is 49.4 Å². The largest absolute Gasteiger partial charge is 0.309 e. The number of fused-ring (bicyclic) bond motifs is 6. The lowest BCUT2D eigenvalue weighted by molar-refractivity contribution is 1.07. The van der Waals surface area contributed by atoms with Crippen LogP contribution in [0.25, 0.3) is 127 Å². The van der Waals surface area contributed by atoms with Crippen LogP contribution in [0.15, 0.2) is 231 Å². The van der Waals surface area contributed by atoms with Crippen molar-refractivity contribution >= 4 is 49.3 Å². The molecule has 0 bridgehead atoms. The van der Waals surface area contributed by atoms with E-state index in [1.807, 2.05) is 146 Å². The van der Waals surface area contributed by atoms with Gasteiger partial charge in [0.05, 0.1) is 63.3 Å².